The van der Waals surface area contributed by atoms with Crippen molar-refractivity contribution in [2.45, 2.75) is 38.5 Å². The molecule has 124 valence electrons. The van der Waals surface area contributed by atoms with Crippen LogP contribution in [0.25, 0.3) is 0 Å². The van der Waals surface area contributed by atoms with Gasteiger partial charge < -0.3 is 9.84 Å². The minimum absolute atomic E-state index is 0.398. The fourth-order valence-electron chi connectivity index (χ4n) is 3.37. The van der Waals surface area contributed by atoms with Crippen molar-refractivity contribution >= 4 is 11.3 Å². The van der Waals surface area contributed by atoms with Crippen molar-refractivity contribution < 1.29 is 9.84 Å². The maximum absolute atomic E-state index is 10.3. The van der Waals surface area contributed by atoms with Crippen LogP contribution < -0.4 is 0 Å². The van der Waals surface area contributed by atoms with Crippen molar-refractivity contribution in [2.24, 2.45) is 0 Å². The van der Waals surface area contributed by atoms with Crippen LogP contribution in [0.1, 0.15) is 34.9 Å². The lowest BCUT2D eigenvalue weighted by Crippen LogP contribution is -2.34. The van der Waals surface area contributed by atoms with E-state index in [2.05, 4.69) is 42.2 Å². The molecule has 0 saturated carbocycles. The number of ether oxygens (including phenoxy) is 1. The van der Waals surface area contributed by atoms with Crippen LogP contribution in [0.5, 0.6) is 0 Å². The summed E-state index contributed by atoms with van der Waals surface area (Å²) in [6.45, 7) is 4.90. The molecule has 1 aromatic heterocycles. The number of nitrogens with zero attached hydrogens (tertiary/aromatic N) is 1. The van der Waals surface area contributed by atoms with Crippen LogP contribution in [0.2, 0.25) is 0 Å². The van der Waals surface area contributed by atoms with Gasteiger partial charge in [-0.25, -0.2) is 0 Å². The molecule has 2 atom stereocenters. The fraction of sp³-hybridized carbons (Fsp3) is 0.474. The summed E-state index contributed by atoms with van der Waals surface area (Å²) < 4.78 is 5.65. The SMILES string of the molecule is Cc1ccccc1C1CCCN1CC(O)COCc1cccs1. The average Bonchev–Trinajstić information content (AvgIpc) is 3.20. The smallest absolute Gasteiger partial charge is 0.0900 e. The number of hydrogen-bond acceptors (Lipinski definition) is 4. The Morgan fingerprint density at radius 3 is 2.96 bits per heavy atom. The third-order valence-electron chi connectivity index (χ3n) is 4.49. The molecule has 3 nitrogen and oxygen atoms in total. The molecule has 1 aliphatic heterocycles. The van der Waals surface area contributed by atoms with Gasteiger partial charge in [0.05, 0.1) is 19.3 Å². The van der Waals surface area contributed by atoms with E-state index >= 15 is 0 Å². The summed E-state index contributed by atoms with van der Waals surface area (Å²) in [6.07, 6.45) is 1.94. The minimum Gasteiger partial charge on any atom is -0.389 e. The zero-order valence-corrected chi connectivity index (χ0v) is 14.5. The molecule has 1 N–H and O–H groups in total. The lowest BCUT2D eigenvalue weighted by molar-refractivity contribution is 0.00844. The van der Waals surface area contributed by atoms with Gasteiger partial charge >= 0.3 is 0 Å². The van der Waals surface area contributed by atoms with Crippen LogP contribution in [0.4, 0.5) is 0 Å². The lowest BCUT2D eigenvalue weighted by Gasteiger charge is -2.28. The molecule has 1 aromatic carbocycles. The molecular formula is C19H25NO2S. The third kappa shape index (κ3) is 4.42. The number of thiophene rings is 1. The molecule has 2 unspecified atom stereocenters. The number of hydrogen-bond donors (Lipinski definition) is 1. The maximum Gasteiger partial charge on any atom is 0.0900 e. The molecule has 1 fully saturated rings. The molecule has 0 aliphatic carbocycles. The number of aliphatic hydroxyl groups excluding tert-OH is 1. The number of aliphatic hydroxyl groups is 1. The van der Waals surface area contributed by atoms with E-state index in [1.54, 1.807) is 11.3 Å². The Balaban J connectivity index is 1.51. The van der Waals surface area contributed by atoms with Crippen LogP contribution in [-0.4, -0.2) is 35.8 Å². The molecule has 2 aromatic rings. The predicted octanol–water partition coefficient (Wildman–Crippen LogP) is 3.77. The van der Waals surface area contributed by atoms with Crippen molar-refractivity contribution in [1.82, 2.24) is 4.90 Å². The Morgan fingerprint density at radius 1 is 1.30 bits per heavy atom. The second-order valence-electron chi connectivity index (χ2n) is 6.26. The largest absolute Gasteiger partial charge is 0.389 e. The van der Waals surface area contributed by atoms with E-state index < -0.39 is 6.10 Å². The van der Waals surface area contributed by atoms with Crippen LogP contribution >= 0.6 is 11.3 Å². The second-order valence-corrected chi connectivity index (χ2v) is 7.29. The summed E-state index contributed by atoms with van der Waals surface area (Å²) in [5.74, 6) is 0. The first-order valence-corrected chi connectivity index (χ1v) is 9.20. The molecule has 1 saturated heterocycles. The van der Waals surface area contributed by atoms with Crippen molar-refractivity contribution in [2.75, 3.05) is 19.7 Å². The van der Waals surface area contributed by atoms with Gasteiger partial charge in [0.1, 0.15) is 0 Å². The van der Waals surface area contributed by atoms with Crippen LogP contribution in [-0.2, 0) is 11.3 Å². The first-order chi connectivity index (χ1) is 11.2. The first-order valence-electron chi connectivity index (χ1n) is 8.32. The summed E-state index contributed by atoms with van der Waals surface area (Å²) in [4.78, 5) is 3.61. The summed E-state index contributed by atoms with van der Waals surface area (Å²) in [6, 6.07) is 13.1. The molecule has 2 heterocycles. The van der Waals surface area contributed by atoms with Gasteiger partial charge in [0.15, 0.2) is 0 Å². The number of likely N-dealkylation sites (tertiary alicyclic amines) is 1. The van der Waals surface area contributed by atoms with Crippen LogP contribution in [0.15, 0.2) is 41.8 Å². The summed E-state index contributed by atoms with van der Waals surface area (Å²) in [5, 5.41) is 12.4. The standard InChI is InChI=1S/C19H25NO2S/c1-15-6-2-3-8-18(15)19-9-4-10-20(19)12-16(21)13-22-14-17-7-5-11-23-17/h2-3,5-8,11,16,19,21H,4,9-10,12-14H2,1H3. The van der Waals surface area contributed by atoms with E-state index in [0.717, 1.165) is 6.54 Å². The van der Waals surface area contributed by atoms with Crippen molar-refractivity contribution in [3.63, 3.8) is 0 Å². The van der Waals surface area contributed by atoms with Crippen molar-refractivity contribution in [3.8, 4) is 0 Å². The fourth-order valence-corrected chi connectivity index (χ4v) is 4.01. The van der Waals surface area contributed by atoms with Gasteiger partial charge in [0.25, 0.3) is 0 Å². The second kappa shape index (κ2) is 8.06. The lowest BCUT2D eigenvalue weighted by atomic mass is 9.99. The Hall–Kier alpha value is -1.20. The zero-order chi connectivity index (χ0) is 16.1. The molecule has 23 heavy (non-hydrogen) atoms. The number of aryl methyl sites for hydroxylation is 1. The molecule has 0 spiro atoms. The summed E-state index contributed by atoms with van der Waals surface area (Å²) in [7, 11) is 0. The number of β-amino-alcohol motifs (C(OH)–C–C–N with tert-alkyl or cyclic N) is 1. The highest BCUT2D eigenvalue weighted by molar-refractivity contribution is 7.09. The Morgan fingerprint density at radius 2 is 2.17 bits per heavy atom. The quantitative estimate of drug-likeness (QED) is 0.838. The topological polar surface area (TPSA) is 32.7 Å². The van der Waals surface area contributed by atoms with Gasteiger partial charge in [-0.2, -0.15) is 0 Å². The van der Waals surface area contributed by atoms with Crippen molar-refractivity contribution in [1.29, 1.82) is 0 Å². The Bertz CT molecular complexity index is 599. The van der Waals surface area contributed by atoms with Gasteiger partial charge in [-0.1, -0.05) is 30.3 Å². The molecule has 3 rings (SSSR count). The van der Waals surface area contributed by atoms with Gasteiger partial charge in [-0.3, -0.25) is 4.90 Å². The van der Waals surface area contributed by atoms with Gasteiger partial charge in [-0.05, 0) is 48.9 Å². The van der Waals surface area contributed by atoms with E-state index in [4.69, 9.17) is 4.74 Å². The Labute approximate surface area is 142 Å². The van der Waals surface area contributed by atoms with Gasteiger partial charge in [-0.15, -0.1) is 11.3 Å². The zero-order valence-electron chi connectivity index (χ0n) is 13.6. The van der Waals surface area contributed by atoms with E-state index in [0.29, 0.717) is 25.8 Å². The molecule has 0 radical (unpaired) electrons. The van der Waals surface area contributed by atoms with Gasteiger partial charge in [0.2, 0.25) is 0 Å². The molecular weight excluding hydrogens is 306 g/mol. The van der Waals surface area contributed by atoms with Gasteiger partial charge in [0, 0.05) is 17.5 Å². The molecule has 1 aliphatic rings. The van der Waals surface area contributed by atoms with Crippen LogP contribution in [0, 0.1) is 6.92 Å². The monoisotopic (exact) mass is 331 g/mol. The summed E-state index contributed by atoms with van der Waals surface area (Å²) in [5.41, 5.74) is 2.74. The summed E-state index contributed by atoms with van der Waals surface area (Å²) >= 11 is 1.69. The highest BCUT2D eigenvalue weighted by Gasteiger charge is 2.28. The highest BCUT2D eigenvalue weighted by atomic mass is 32.1. The predicted molar refractivity (Wildman–Crippen MR) is 94.7 cm³/mol. The number of benzene rings is 1. The maximum atomic E-state index is 10.3. The third-order valence-corrected chi connectivity index (χ3v) is 5.34. The molecule has 4 heteroatoms. The Kier molecular flexibility index (Phi) is 5.84. The normalized spacial score (nSPS) is 20.0. The molecule has 0 amide bonds. The molecule has 0 bridgehead atoms. The van der Waals surface area contributed by atoms with Crippen LogP contribution in [0.3, 0.4) is 0 Å². The van der Waals surface area contributed by atoms with Crippen molar-refractivity contribution in [3.05, 3.63) is 57.8 Å². The van der Waals surface area contributed by atoms with E-state index in [1.807, 2.05) is 11.4 Å². The number of rotatable bonds is 7. The van der Waals surface area contributed by atoms with E-state index in [1.165, 1.54) is 28.8 Å². The van der Waals surface area contributed by atoms with E-state index in [9.17, 15) is 5.11 Å². The average molecular weight is 331 g/mol. The minimum atomic E-state index is -0.431. The highest BCUT2D eigenvalue weighted by Crippen LogP contribution is 2.33. The first kappa shape index (κ1) is 16.7. The van der Waals surface area contributed by atoms with E-state index in [-0.39, 0.29) is 0 Å².